The van der Waals surface area contributed by atoms with Gasteiger partial charge in [-0.15, -0.1) is 0 Å². The molecule has 1 rings (SSSR count). The van der Waals surface area contributed by atoms with Crippen molar-refractivity contribution in [2.24, 2.45) is 7.05 Å². The van der Waals surface area contributed by atoms with Crippen molar-refractivity contribution in [1.29, 1.82) is 0 Å². The summed E-state index contributed by atoms with van der Waals surface area (Å²) in [4.78, 5) is 0. The molecule has 0 saturated carbocycles. The van der Waals surface area contributed by atoms with Crippen LogP contribution < -0.4 is 0 Å². The van der Waals surface area contributed by atoms with Crippen LogP contribution in [0, 0.1) is 19.9 Å². The van der Waals surface area contributed by atoms with Crippen LogP contribution in [0.3, 0.4) is 0 Å². The van der Waals surface area contributed by atoms with Gasteiger partial charge >= 0.3 is 0 Å². The van der Waals surface area contributed by atoms with Crippen LogP contribution in [0.1, 0.15) is 11.4 Å². The van der Waals surface area contributed by atoms with Crippen molar-refractivity contribution in [3.8, 4) is 0 Å². The predicted molar refractivity (Wildman–Crippen MR) is 31.5 cm³/mol. The van der Waals surface area contributed by atoms with Gasteiger partial charge in [0.05, 0.1) is 5.69 Å². The van der Waals surface area contributed by atoms with Gasteiger partial charge in [-0.25, -0.2) is 0 Å². The summed E-state index contributed by atoms with van der Waals surface area (Å²) in [5, 5.41) is 4.07. The largest absolute Gasteiger partial charge is 0.272 e. The Morgan fingerprint density at radius 1 is 1.50 bits per heavy atom. The monoisotopic (exact) mass is 109 g/mol. The van der Waals surface area contributed by atoms with Gasteiger partial charge in [0.25, 0.3) is 0 Å². The highest BCUT2D eigenvalue weighted by Gasteiger charge is 1.92. The van der Waals surface area contributed by atoms with Crippen molar-refractivity contribution < 1.29 is 0 Å². The molecule has 1 aromatic heterocycles. The summed E-state index contributed by atoms with van der Waals surface area (Å²) in [6, 6.07) is 3.06. The quantitative estimate of drug-likeness (QED) is 0.482. The molecule has 0 aliphatic carbocycles. The Kier molecular flexibility index (Phi) is 1.08. The van der Waals surface area contributed by atoms with Gasteiger partial charge in [-0.1, -0.05) is 0 Å². The number of aryl methyl sites for hydroxylation is 3. The molecular weight excluding hydrogens is 100 g/mol. The average Bonchev–Trinajstić information content (AvgIpc) is 1.85. The number of rotatable bonds is 0. The highest BCUT2D eigenvalue weighted by Crippen LogP contribution is 1.95. The maximum absolute atomic E-state index is 4.07. The zero-order valence-corrected chi connectivity index (χ0v) is 5.39. The first-order chi connectivity index (χ1) is 3.70. The molecular formula is C6H9N2. The molecule has 0 aliphatic heterocycles. The summed E-state index contributed by atoms with van der Waals surface area (Å²) in [5.74, 6) is 0. The minimum atomic E-state index is 0.963. The standard InChI is InChI=1S/C6H9N2/c1-5-4-6(2)8(3)7-5/h1-3H3. The first-order valence-corrected chi connectivity index (χ1v) is 2.59. The molecule has 1 heterocycles. The van der Waals surface area contributed by atoms with Crippen LogP contribution in [-0.2, 0) is 7.05 Å². The van der Waals surface area contributed by atoms with Gasteiger partial charge in [-0.2, -0.15) is 5.10 Å². The second-order valence-electron chi connectivity index (χ2n) is 1.92. The molecule has 8 heavy (non-hydrogen) atoms. The minimum Gasteiger partial charge on any atom is -0.272 e. The van der Waals surface area contributed by atoms with Gasteiger partial charge in [0.1, 0.15) is 0 Å². The van der Waals surface area contributed by atoms with Gasteiger partial charge < -0.3 is 0 Å². The average molecular weight is 109 g/mol. The lowest BCUT2D eigenvalue weighted by atomic mass is 10.4. The van der Waals surface area contributed by atoms with Crippen LogP contribution in [0.5, 0.6) is 0 Å². The zero-order valence-electron chi connectivity index (χ0n) is 5.39. The third kappa shape index (κ3) is 0.735. The molecule has 0 bridgehead atoms. The van der Waals surface area contributed by atoms with Crippen LogP contribution in [0.2, 0.25) is 0 Å². The Hall–Kier alpha value is -0.790. The SMILES string of the molecule is Cc1[c]c(C)n(C)n1. The molecule has 0 amide bonds. The lowest BCUT2D eigenvalue weighted by Gasteiger charge is -1.87. The van der Waals surface area contributed by atoms with Crippen molar-refractivity contribution in [3.05, 3.63) is 17.5 Å². The van der Waals surface area contributed by atoms with E-state index in [4.69, 9.17) is 0 Å². The fourth-order valence-electron chi connectivity index (χ4n) is 0.668. The highest BCUT2D eigenvalue weighted by atomic mass is 15.3. The number of nitrogens with zero attached hydrogens (tertiary/aromatic N) is 2. The molecule has 0 aliphatic rings. The van der Waals surface area contributed by atoms with Crippen molar-refractivity contribution >= 4 is 0 Å². The van der Waals surface area contributed by atoms with Gasteiger partial charge in [0.2, 0.25) is 0 Å². The molecule has 0 saturated heterocycles. The number of aromatic nitrogens is 2. The first-order valence-electron chi connectivity index (χ1n) is 2.59. The maximum Gasteiger partial charge on any atom is 0.0676 e. The van der Waals surface area contributed by atoms with Crippen molar-refractivity contribution in [2.45, 2.75) is 13.8 Å². The van der Waals surface area contributed by atoms with Gasteiger partial charge in [-0.05, 0) is 13.8 Å². The van der Waals surface area contributed by atoms with E-state index in [0.717, 1.165) is 11.4 Å². The normalized spacial score (nSPS) is 9.88. The Morgan fingerprint density at radius 2 is 2.12 bits per heavy atom. The van der Waals surface area contributed by atoms with Gasteiger partial charge in [-0.3, -0.25) is 4.68 Å². The minimum absolute atomic E-state index is 0.963. The zero-order chi connectivity index (χ0) is 6.15. The Balaban J connectivity index is 3.14. The molecule has 0 unspecified atom stereocenters. The fraction of sp³-hybridized carbons (Fsp3) is 0.500. The summed E-state index contributed by atoms with van der Waals surface area (Å²) < 4.78 is 1.81. The van der Waals surface area contributed by atoms with E-state index in [1.807, 2.05) is 25.6 Å². The molecule has 1 radical (unpaired) electrons. The molecule has 1 aromatic rings. The van der Waals surface area contributed by atoms with Crippen molar-refractivity contribution in [2.75, 3.05) is 0 Å². The van der Waals surface area contributed by atoms with Crippen molar-refractivity contribution in [1.82, 2.24) is 9.78 Å². The van der Waals surface area contributed by atoms with Crippen LogP contribution in [-0.4, -0.2) is 9.78 Å². The molecule has 2 heteroatoms. The maximum atomic E-state index is 4.07. The Labute approximate surface area is 49.1 Å². The van der Waals surface area contributed by atoms with Crippen LogP contribution in [0.15, 0.2) is 0 Å². The topological polar surface area (TPSA) is 17.8 Å². The van der Waals surface area contributed by atoms with Crippen molar-refractivity contribution in [3.63, 3.8) is 0 Å². The molecule has 0 aromatic carbocycles. The Bertz CT molecular complexity index is 169. The van der Waals surface area contributed by atoms with E-state index in [1.165, 1.54) is 0 Å². The summed E-state index contributed by atoms with van der Waals surface area (Å²) in [6.45, 7) is 3.92. The smallest absolute Gasteiger partial charge is 0.0676 e. The van der Waals surface area contributed by atoms with E-state index < -0.39 is 0 Å². The van der Waals surface area contributed by atoms with Crippen LogP contribution >= 0.6 is 0 Å². The summed E-state index contributed by atoms with van der Waals surface area (Å²) in [6.07, 6.45) is 0. The number of hydrogen-bond donors (Lipinski definition) is 0. The lowest BCUT2D eigenvalue weighted by Crippen LogP contribution is -1.91. The van der Waals surface area contributed by atoms with E-state index in [0.29, 0.717) is 0 Å². The highest BCUT2D eigenvalue weighted by molar-refractivity contribution is 5.02. The van der Waals surface area contributed by atoms with Crippen LogP contribution in [0.25, 0.3) is 0 Å². The van der Waals surface area contributed by atoms with Gasteiger partial charge in [0, 0.05) is 18.8 Å². The molecule has 2 nitrogen and oxygen atoms in total. The van der Waals surface area contributed by atoms with E-state index in [-0.39, 0.29) is 0 Å². The lowest BCUT2D eigenvalue weighted by molar-refractivity contribution is 0.731. The Morgan fingerprint density at radius 3 is 2.25 bits per heavy atom. The second-order valence-corrected chi connectivity index (χ2v) is 1.92. The molecule has 0 N–H and O–H groups in total. The van der Waals surface area contributed by atoms with Gasteiger partial charge in [0.15, 0.2) is 0 Å². The van der Waals surface area contributed by atoms with E-state index in [2.05, 4.69) is 11.2 Å². The van der Waals surface area contributed by atoms with Crippen LogP contribution in [0.4, 0.5) is 0 Å². The first kappa shape index (κ1) is 5.35. The third-order valence-electron chi connectivity index (χ3n) is 1.15. The van der Waals surface area contributed by atoms with E-state index in [1.54, 1.807) is 0 Å². The fourth-order valence-corrected chi connectivity index (χ4v) is 0.668. The summed E-state index contributed by atoms with van der Waals surface area (Å²) >= 11 is 0. The molecule has 0 atom stereocenters. The molecule has 43 valence electrons. The third-order valence-corrected chi connectivity index (χ3v) is 1.15. The summed E-state index contributed by atoms with van der Waals surface area (Å²) in [5.41, 5.74) is 2.05. The molecule has 0 fully saturated rings. The number of hydrogen-bond acceptors (Lipinski definition) is 1. The van der Waals surface area contributed by atoms with E-state index >= 15 is 0 Å². The van der Waals surface area contributed by atoms with E-state index in [9.17, 15) is 0 Å². The summed E-state index contributed by atoms with van der Waals surface area (Å²) in [7, 11) is 1.92. The predicted octanol–water partition coefficient (Wildman–Crippen LogP) is 0.837. The molecule has 0 spiro atoms. The second kappa shape index (κ2) is 1.62.